The first kappa shape index (κ1) is 12.7. The molecule has 0 unspecified atom stereocenters. The molecule has 0 radical (unpaired) electrons. The van der Waals surface area contributed by atoms with E-state index in [9.17, 15) is 0 Å². The maximum atomic E-state index is 6.07. The first-order valence-corrected chi connectivity index (χ1v) is 6.74. The molecule has 0 atom stereocenters. The number of nitrogens with zero attached hydrogens (tertiary/aromatic N) is 2. The zero-order valence-corrected chi connectivity index (χ0v) is 11.5. The van der Waals surface area contributed by atoms with E-state index in [-0.39, 0.29) is 5.60 Å². The number of nitrogens with one attached hydrogen (secondary N) is 1. The van der Waals surface area contributed by atoms with Crippen molar-refractivity contribution in [3.63, 3.8) is 0 Å². The zero-order valence-electron chi connectivity index (χ0n) is 11.5. The van der Waals surface area contributed by atoms with Gasteiger partial charge in [0.2, 0.25) is 5.88 Å². The van der Waals surface area contributed by atoms with Crippen LogP contribution in [0.5, 0.6) is 5.88 Å². The smallest absolute Gasteiger partial charge is 0.243 e. The Morgan fingerprint density at radius 1 is 1.25 bits per heavy atom. The van der Waals surface area contributed by atoms with E-state index in [1.165, 1.54) is 11.9 Å². The van der Waals surface area contributed by atoms with Gasteiger partial charge >= 0.3 is 0 Å². The maximum absolute atomic E-state index is 6.07. The summed E-state index contributed by atoms with van der Waals surface area (Å²) in [5, 5.41) is 3.22. The van der Waals surface area contributed by atoms with E-state index in [1.54, 1.807) is 0 Å². The van der Waals surface area contributed by atoms with Crippen LogP contribution in [0, 0.1) is 0 Å². The first-order valence-electron chi connectivity index (χ1n) is 6.74. The van der Waals surface area contributed by atoms with Gasteiger partial charge in [-0.05, 0) is 25.3 Å². The predicted octanol–water partition coefficient (Wildman–Crippen LogP) is 2.60. The molecule has 1 heterocycles. The number of nitrogen functional groups attached to an aromatic ring is 1. The van der Waals surface area contributed by atoms with Crippen LogP contribution >= 0.6 is 0 Å². The number of hydrogen-bond donors (Lipinski definition) is 2. The van der Waals surface area contributed by atoms with Gasteiger partial charge in [-0.2, -0.15) is 4.98 Å². The predicted molar refractivity (Wildman–Crippen MR) is 78.5 cm³/mol. The third kappa shape index (κ3) is 2.82. The van der Waals surface area contributed by atoms with Crippen LogP contribution in [0.2, 0.25) is 0 Å². The minimum absolute atomic E-state index is 0.0980. The van der Waals surface area contributed by atoms with Gasteiger partial charge in [0, 0.05) is 6.54 Å². The van der Waals surface area contributed by atoms with Crippen molar-refractivity contribution in [2.24, 2.45) is 0 Å². The molecule has 3 rings (SSSR count). The lowest BCUT2D eigenvalue weighted by Crippen LogP contribution is -2.15. The number of hydrogen-bond acceptors (Lipinski definition) is 5. The normalized spacial score (nSPS) is 15.7. The zero-order chi connectivity index (χ0) is 14.0. The summed E-state index contributed by atoms with van der Waals surface area (Å²) in [4.78, 5) is 8.30. The standard InChI is InChI=1S/C15H18N4O/c1-15(7-8-15)20-14-12(16)13(18-10-19-14)17-9-11-5-3-2-4-6-11/h2-6,10H,7-9,16H2,1H3,(H,17,18,19). The van der Waals surface area contributed by atoms with E-state index >= 15 is 0 Å². The Kier molecular flexibility index (Phi) is 3.18. The fourth-order valence-corrected chi connectivity index (χ4v) is 1.89. The molecule has 1 aromatic heterocycles. The summed E-state index contributed by atoms with van der Waals surface area (Å²) in [5.74, 6) is 1.08. The van der Waals surface area contributed by atoms with E-state index in [2.05, 4.69) is 22.2 Å². The Morgan fingerprint density at radius 3 is 2.70 bits per heavy atom. The lowest BCUT2D eigenvalue weighted by molar-refractivity contribution is 0.193. The summed E-state index contributed by atoms with van der Waals surface area (Å²) in [6.07, 6.45) is 3.57. The Hall–Kier alpha value is -2.30. The molecule has 1 saturated carbocycles. The van der Waals surface area contributed by atoms with E-state index in [4.69, 9.17) is 10.5 Å². The molecular weight excluding hydrogens is 252 g/mol. The topological polar surface area (TPSA) is 73.1 Å². The second-order valence-electron chi connectivity index (χ2n) is 5.33. The highest BCUT2D eigenvalue weighted by molar-refractivity contribution is 5.66. The van der Waals surface area contributed by atoms with Crippen LogP contribution in [-0.2, 0) is 6.54 Å². The van der Waals surface area contributed by atoms with Gasteiger partial charge < -0.3 is 15.8 Å². The van der Waals surface area contributed by atoms with Gasteiger partial charge in [0.1, 0.15) is 17.6 Å². The van der Waals surface area contributed by atoms with Gasteiger partial charge in [-0.25, -0.2) is 4.98 Å². The van der Waals surface area contributed by atoms with Gasteiger partial charge in [-0.15, -0.1) is 0 Å². The molecule has 2 aromatic rings. The van der Waals surface area contributed by atoms with Crippen molar-refractivity contribution in [2.45, 2.75) is 31.9 Å². The quantitative estimate of drug-likeness (QED) is 0.873. The van der Waals surface area contributed by atoms with Crippen molar-refractivity contribution in [1.82, 2.24) is 9.97 Å². The van der Waals surface area contributed by atoms with Crippen molar-refractivity contribution < 1.29 is 4.74 Å². The molecule has 1 aliphatic carbocycles. The van der Waals surface area contributed by atoms with E-state index in [0.29, 0.717) is 23.9 Å². The number of nitrogens with two attached hydrogens (primary N) is 1. The lowest BCUT2D eigenvalue weighted by Gasteiger charge is -2.15. The largest absolute Gasteiger partial charge is 0.470 e. The van der Waals surface area contributed by atoms with E-state index in [0.717, 1.165) is 12.8 Å². The van der Waals surface area contributed by atoms with Crippen LogP contribution in [0.4, 0.5) is 11.5 Å². The van der Waals surface area contributed by atoms with Crippen LogP contribution in [-0.4, -0.2) is 15.6 Å². The molecule has 5 heteroatoms. The number of aromatic nitrogens is 2. The first-order chi connectivity index (χ1) is 9.66. The van der Waals surface area contributed by atoms with Crippen LogP contribution in [0.15, 0.2) is 36.7 Å². The fraction of sp³-hybridized carbons (Fsp3) is 0.333. The molecule has 104 valence electrons. The molecule has 20 heavy (non-hydrogen) atoms. The van der Waals surface area contributed by atoms with Crippen LogP contribution in [0.25, 0.3) is 0 Å². The van der Waals surface area contributed by atoms with E-state index < -0.39 is 0 Å². The molecule has 1 fully saturated rings. The summed E-state index contributed by atoms with van der Waals surface area (Å²) in [7, 11) is 0. The third-order valence-electron chi connectivity index (χ3n) is 3.45. The highest BCUT2D eigenvalue weighted by Crippen LogP contribution is 2.41. The molecule has 0 saturated heterocycles. The molecule has 3 N–H and O–H groups in total. The number of anilines is 2. The molecule has 1 aliphatic rings. The van der Waals surface area contributed by atoms with Gasteiger partial charge in [0.05, 0.1) is 0 Å². The number of benzene rings is 1. The number of ether oxygens (including phenoxy) is 1. The second kappa shape index (κ2) is 5.00. The van der Waals surface area contributed by atoms with Crippen LogP contribution < -0.4 is 15.8 Å². The minimum atomic E-state index is -0.0980. The van der Waals surface area contributed by atoms with Gasteiger partial charge in [0.15, 0.2) is 5.82 Å². The molecule has 0 bridgehead atoms. The van der Waals surface area contributed by atoms with Crippen molar-refractivity contribution in [3.8, 4) is 5.88 Å². The lowest BCUT2D eigenvalue weighted by atomic mass is 10.2. The van der Waals surface area contributed by atoms with E-state index in [1.807, 2.05) is 30.3 Å². The van der Waals surface area contributed by atoms with Crippen LogP contribution in [0.1, 0.15) is 25.3 Å². The molecule has 0 spiro atoms. The summed E-state index contributed by atoms with van der Waals surface area (Å²) in [5.41, 5.74) is 7.61. The fourth-order valence-electron chi connectivity index (χ4n) is 1.89. The Labute approximate surface area is 118 Å². The molecule has 0 aliphatic heterocycles. The van der Waals surface area contributed by atoms with Crippen molar-refractivity contribution in [3.05, 3.63) is 42.2 Å². The highest BCUT2D eigenvalue weighted by Gasteiger charge is 2.41. The summed E-state index contributed by atoms with van der Waals surface area (Å²) >= 11 is 0. The molecular formula is C15H18N4O. The summed E-state index contributed by atoms with van der Waals surface area (Å²) < 4.78 is 5.82. The average molecular weight is 270 g/mol. The van der Waals surface area contributed by atoms with Gasteiger partial charge in [-0.3, -0.25) is 0 Å². The molecule has 1 aromatic carbocycles. The maximum Gasteiger partial charge on any atom is 0.243 e. The third-order valence-corrected chi connectivity index (χ3v) is 3.45. The molecule has 0 amide bonds. The second-order valence-corrected chi connectivity index (χ2v) is 5.33. The Morgan fingerprint density at radius 2 is 2.00 bits per heavy atom. The minimum Gasteiger partial charge on any atom is -0.470 e. The van der Waals surface area contributed by atoms with Crippen molar-refractivity contribution >= 4 is 11.5 Å². The molecule has 5 nitrogen and oxygen atoms in total. The van der Waals surface area contributed by atoms with Gasteiger partial charge in [-0.1, -0.05) is 30.3 Å². The Bertz CT molecular complexity index is 596. The number of rotatable bonds is 5. The van der Waals surface area contributed by atoms with Crippen molar-refractivity contribution in [2.75, 3.05) is 11.1 Å². The van der Waals surface area contributed by atoms with Crippen molar-refractivity contribution in [1.29, 1.82) is 0 Å². The highest BCUT2D eigenvalue weighted by atomic mass is 16.5. The summed E-state index contributed by atoms with van der Waals surface area (Å²) in [6, 6.07) is 10.1. The Balaban J connectivity index is 1.71. The van der Waals surface area contributed by atoms with Gasteiger partial charge in [0.25, 0.3) is 0 Å². The average Bonchev–Trinajstić information content (AvgIpc) is 3.19. The monoisotopic (exact) mass is 270 g/mol. The summed E-state index contributed by atoms with van der Waals surface area (Å²) in [6.45, 7) is 2.73. The SMILES string of the molecule is CC1(Oc2ncnc(NCc3ccccc3)c2N)CC1. The van der Waals surface area contributed by atoms with Crippen LogP contribution in [0.3, 0.4) is 0 Å².